The summed E-state index contributed by atoms with van der Waals surface area (Å²) in [6.07, 6.45) is 5.43. The largest absolute Gasteiger partial charge is 0.491 e. The zero-order valence-electron chi connectivity index (χ0n) is 22.2. The molecule has 9 nitrogen and oxygen atoms in total. The fourth-order valence-electron chi connectivity index (χ4n) is 4.14. The van der Waals surface area contributed by atoms with E-state index in [2.05, 4.69) is 20.8 Å². The number of carbonyl (C=O) groups excluding carboxylic acids is 1. The van der Waals surface area contributed by atoms with Gasteiger partial charge in [0.25, 0.3) is 0 Å². The molecule has 1 aliphatic heterocycles. The smallest absolute Gasteiger partial charge is 0.341 e. The fraction of sp³-hybridized carbons (Fsp3) is 0.500. The van der Waals surface area contributed by atoms with Crippen molar-refractivity contribution in [2.45, 2.75) is 72.9 Å². The highest BCUT2D eigenvalue weighted by Gasteiger charge is 2.24. The Morgan fingerprint density at radius 3 is 2.54 bits per heavy atom. The number of hydrogen-bond acceptors (Lipinski definition) is 6. The van der Waals surface area contributed by atoms with E-state index in [0.717, 1.165) is 48.2 Å². The number of hydrogen-bond donors (Lipinski definition) is 1. The number of carbonyl (C=O) groups is 2. The first-order valence-electron chi connectivity index (χ1n) is 13.0. The average Bonchev–Trinajstić information content (AvgIpc) is 3.22. The quantitative estimate of drug-likeness (QED) is 0.296. The predicted molar refractivity (Wildman–Crippen MR) is 142 cm³/mol. The van der Waals surface area contributed by atoms with Crippen molar-refractivity contribution in [3.8, 4) is 17.1 Å². The summed E-state index contributed by atoms with van der Waals surface area (Å²) in [5.41, 5.74) is 1.40. The van der Waals surface area contributed by atoms with Gasteiger partial charge >= 0.3 is 11.9 Å². The number of carboxylic acid groups (broad SMARTS) is 1. The number of carboxylic acids is 1. The molecule has 0 radical (unpaired) electrons. The second-order valence-electron chi connectivity index (χ2n) is 9.71. The molecular weight excluding hydrogens is 474 g/mol. The van der Waals surface area contributed by atoms with Crippen LogP contribution < -0.4 is 10.2 Å². The number of fused-ring (bicyclic) bond motifs is 5. The van der Waals surface area contributed by atoms with Crippen molar-refractivity contribution in [3.63, 3.8) is 0 Å². The van der Waals surface area contributed by atoms with Gasteiger partial charge in [-0.15, -0.1) is 0 Å². The van der Waals surface area contributed by atoms with Crippen LogP contribution in [0, 0.1) is 5.92 Å². The number of benzene rings is 1. The van der Waals surface area contributed by atoms with Crippen molar-refractivity contribution in [2.75, 3.05) is 13.2 Å². The van der Waals surface area contributed by atoms with Crippen molar-refractivity contribution < 1.29 is 24.2 Å². The van der Waals surface area contributed by atoms with Crippen LogP contribution in [0.4, 0.5) is 0 Å². The molecule has 4 rings (SSSR count). The Bertz CT molecular complexity index is 1290. The van der Waals surface area contributed by atoms with Gasteiger partial charge in [-0.2, -0.15) is 5.10 Å². The van der Waals surface area contributed by atoms with Crippen LogP contribution in [0.25, 0.3) is 22.3 Å². The molecule has 0 saturated heterocycles. The Kier molecular flexibility index (Phi) is 9.88. The third kappa shape index (κ3) is 7.21. The minimum Gasteiger partial charge on any atom is -0.491 e. The van der Waals surface area contributed by atoms with Crippen molar-refractivity contribution in [1.29, 1.82) is 0 Å². The monoisotopic (exact) mass is 511 g/mol. The lowest BCUT2D eigenvalue weighted by atomic mass is 10.1. The highest BCUT2D eigenvalue weighted by molar-refractivity contribution is 5.96. The van der Waals surface area contributed by atoms with Crippen LogP contribution in [0.5, 0.6) is 5.75 Å². The van der Waals surface area contributed by atoms with E-state index in [0.29, 0.717) is 44.2 Å². The maximum Gasteiger partial charge on any atom is 0.341 e. The molecule has 0 aliphatic carbocycles. The Balaban J connectivity index is 0.000000886. The van der Waals surface area contributed by atoms with Gasteiger partial charge in [-0.1, -0.05) is 45.7 Å². The summed E-state index contributed by atoms with van der Waals surface area (Å²) in [5, 5.41) is 14.8. The zero-order valence-corrected chi connectivity index (χ0v) is 22.2. The predicted octanol–water partition coefficient (Wildman–Crippen LogP) is 5.13. The first kappa shape index (κ1) is 28.0. The molecule has 0 fully saturated rings. The maximum absolute atomic E-state index is 12.3. The summed E-state index contributed by atoms with van der Waals surface area (Å²) in [6.45, 7) is 10.4. The van der Waals surface area contributed by atoms with Crippen molar-refractivity contribution in [1.82, 2.24) is 14.3 Å². The molecule has 1 aliphatic rings. The number of pyridine rings is 1. The molecule has 3 heterocycles. The van der Waals surface area contributed by atoms with Gasteiger partial charge in [0.1, 0.15) is 16.8 Å². The molecule has 0 saturated carbocycles. The van der Waals surface area contributed by atoms with Crippen LogP contribution in [0.3, 0.4) is 0 Å². The molecule has 0 bridgehead atoms. The summed E-state index contributed by atoms with van der Waals surface area (Å²) in [5.74, 6) is 0.139. The second kappa shape index (κ2) is 13.1. The Hall–Kier alpha value is -3.62. The Labute approximate surface area is 217 Å². The third-order valence-corrected chi connectivity index (χ3v) is 5.72. The summed E-state index contributed by atoms with van der Waals surface area (Å²) in [7, 11) is 0. The zero-order chi connectivity index (χ0) is 26.9. The van der Waals surface area contributed by atoms with Crippen LogP contribution >= 0.6 is 0 Å². The normalized spacial score (nSPS) is 11.9. The molecule has 0 atom stereocenters. The lowest BCUT2D eigenvalue weighted by molar-refractivity contribution is -0.143. The van der Waals surface area contributed by atoms with E-state index in [1.165, 1.54) is 12.3 Å². The first-order valence-corrected chi connectivity index (χ1v) is 13.0. The molecule has 0 amide bonds. The molecule has 1 aromatic carbocycles. The van der Waals surface area contributed by atoms with Gasteiger partial charge in [0.15, 0.2) is 5.43 Å². The number of aromatic nitrogens is 3. The van der Waals surface area contributed by atoms with E-state index < -0.39 is 11.4 Å². The number of aryl methyl sites for hydroxylation is 2. The summed E-state index contributed by atoms with van der Waals surface area (Å²) in [4.78, 5) is 35.0. The van der Waals surface area contributed by atoms with Gasteiger partial charge in [0.05, 0.1) is 31.1 Å². The molecular formula is C28H37N3O6. The maximum atomic E-state index is 12.3. The number of nitrogens with zero attached hydrogens (tertiary/aromatic N) is 3. The van der Waals surface area contributed by atoms with Crippen molar-refractivity contribution in [2.24, 2.45) is 5.92 Å². The average molecular weight is 512 g/mol. The van der Waals surface area contributed by atoms with Crippen molar-refractivity contribution in [3.05, 3.63) is 46.2 Å². The Morgan fingerprint density at radius 1 is 1.11 bits per heavy atom. The second-order valence-corrected chi connectivity index (χ2v) is 9.71. The fourth-order valence-corrected chi connectivity index (χ4v) is 4.14. The topological polar surface area (TPSA) is 113 Å². The van der Waals surface area contributed by atoms with E-state index in [-0.39, 0.29) is 11.5 Å². The standard InChI is InChI=1S/C24H27N3O6.C4H10/c1-2-32-21(29)10-5-3-4-6-13-33-20-9-7-8-16-22(20)25-27-12-11-26-15-17(24(30)31)19(28)14-18(26)23(16)27;1-4(2)3/h7-9,14-15H,2-6,10-13H2,1H3,(H,30,31);4H,1-3H3. The summed E-state index contributed by atoms with van der Waals surface area (Å²) >= 11 is 0. The SMILES string of the molecule is CC(C)C.CCOC(=O)CCCCCCOc1cccc2c3n(nc12)CCn1cc(C(=O)O)c(=O)cc1-3. The van der Waals surface area contributed by atoms with Gasteiger partial charge in [-0.25, -0.2) is 4.79 Å². The highest BCUT2D eigenvalue weighted by Crippen LogP contribution is 2.35. The van der Waals surface area contributed by atoms with E-state index >= 15 is 0 Å². The van der Waals surface area contributed by atoms with Gasteiger partial charge in [0, 0.05) is 30.6 Å². The number of esters is 1. The molecule has 0 spiro atoms. The minimum absolute atomic E-state index is 0.146. The molecule has 37 heavy (non-hydrogen) atoms. The third-order valence-electron chi connectivity index (χ3n) is 5.72. The highest BCUT2D eigenvalue weighted by atomic mass is 16.5. The van der Waals surface area contributed by atoms with Gasteiger partial charge in [-0.05, 0) is 31.7 Å². The number of rotatable bonds is 10. The lowest BCUT2D eigenvalue weighted by Gasteiger charge is -2.21. The molecule has 200 valence electrons. The summed E-state index contributed by atoms with van der Waals surface area (Å²) in [6, 6.07) is 7.08. The Morgan fingerprint density at radius 2 is 1.84 bits per heavy atom. The van der Waals surface area contributed by atoms with Crippen LogP contribution in [0.15, 0.2) is 35.3 Å². The van der Waals surface area contributed by atoms with Gasteiger partial charge in [0.2, 0.25) is 0 Å². The summed E-state index contributed by atoms with van der Waals surface area (Å²) < 4.78 is 14.6. The van der Waals surface area contributed by atoms with E-state index in [1.807, 2.05) is 22.9 Å². The molecule has 1 N–H and O–H groups in total. The van der Waals surface area contributed by atoms with E-state index in [1.54, 1.807) is 11.5 Å². The molecule has 0 unspecified atom stereocenters. The van der Waals surface area contributed by atoms with Crippen LogP contribution in [-0.2, 0) is 22.6 Å². The van der Waals surface area contributed by atoms with E-state index in [9.17, 15) is 19.5 Å². The molecule has 2 aromatic heterocycles. The minimum atomic E-state index is -1.23. The number of ether oxygens (including phenoxy) is 2. The molecule has 3 aromatic rings. The molecule has 9 heteroatoms. The number of aromatic carboxylic acids is 1. The van der Waals surface area contributed by atoms with Crippen LogP contribution in [0.2, 0.25) is 0 Å². The number of unbranched alkanes of at least 4 members (excludes halogenated alkanes) is 3. The van der Waals surface area contributed by atoms with Crippen LogP contribution in [-0.4, -0.2) is 44.6 Å². The van der Waals surface area contributed by atoms with E-state index in [4.69, 9.17) is 14.6 Å². The van der Waals surface area contributed by atoms with Gasteiger partial charge in [-0.3, -0.25) is 14.3 Å². The lowest BCUT2D eigenvalue weighted by Crippen LogP contribution is -2.24. The van der Waals surface area contributed by atoms with Crippen molar-refractivity contribution >= 4 is 22.8 Å². The first-order chi connectivity index (χ1) is 17.7. The van der Waals surface area contributed by atoms with Crippen LogP contribution in [0.1, 0.15) is 70.2 Å². The van der Waals surface area contributed by atoms with Gasteiger partial charge < -0.3 is 19.1 Å².